The van der Waals surface area contributed by atoms with Gasteiger partial charge in [-0.25, -0.2) is 36.8 Å². The molecule has 0 saturated carbocycles. The lowest BCUT2D eigenvalue weighted by Crippen LogP contribution is -2.29. The highest BCUT2D eigenvalue weighted by Crippen LogP contribution is 2.23. The van der Waals surface area contributed by atoms with Crippen LogP contribution in [0.25, 0.3) is 0 Å². The molecule has 0 fully saturated rings. The number of aromatic nitrogens is 4. The second-order valence-corrected chi connectivity index (χ2v) is 13.4. The molecule has 37 heavy (non-hydrogen) atoms. The van der Waals surface area contributed by atoms with Gasteiger partial charge in [-0.15, -0.1) is 0 Å². The molecule has 0 aliphatic rings. The van der Waals surface area contributed by atoms with Crippen LogP contribution in [0.15, 0.2) is 24.8 Å². The average Bonchev–Trinajstić information content (AvgIpc) is 2.82. The molecule has 1 N–H and O–H groups in total. The van der Waals surface area contributed by atoms with Crippen molar-refractivity contribution in [2.75, 3.05) is 46.0 Å². The number of methoxy groups -OCH3 is 1. The molecule has 2 aromatic heterocycles. The average molecular weight is 563 g/mol. The first-order valence-electron chi connectivity index (χ1n) is 11.5. The van der Waals surface area contributed by atoms with Crippen molar-refractivity contribution in [3.63, 3.8) is 0 Å². The minimum atomic E-state index is -3.28. The Morgan fingerprint density at radius 3 is 1.38 bits per heavy atom. The first kappa shape index (κ1) is 32.9. The van der Waals surface area contributed by atoms with Crippen LogP contribution < -0.4 is 0 Å². The van der Waals surface area contributed by atoms with Crippen molar-refractivity contribution in [2.24, 2.45) is 0 Å². The number of aliphatic hydroxyl groups is 1. The minimum absolute atomic E-state index is 0.0434. The molecule has 2 heterocycles. The van der Waals surface area contributed by atoms with Gasteiger partial charge in [-0.3, -0.25) is 0 Å². The molecule has 0 unspecified atom stereocenters. The zero-order valence-corrected chi connectivity index (χ0v) is 24.0. The summed E-state index contributed by atoms with van der Waals surface area (Å²) >= 11 is 0. The number of sulfone groups is 2. The van der Waals surface area contributed by atoms with E-state index in [0.717, 1.165) is 17.4 Å². The Kier molecular flexibility index (Phi) is 13.7. The number of rotatable bonds is 13. The molecule has 0 bridgehead atoms. The van der Waals surface area contributed by atoms with Crippen molar-refractivity contribution in [1.82, 2.24) is 19.9 Å². The maximum absolute atomic E-state index is 11.7. The largest absolute Gasteiger partial charge is 0.394 e. The maximum Gasteiger partial charge on any atom is 0.158 e. The Hall–Kier alpha value is -2.10. The summed E-state index contributed by atoms with van der Waals surface area (Å²) in [6.45, 7) is 7.38. The number of aryl methyl sites for hydroxylation is 2. The Labute approximate surface area is 219 Å². The molecule has 14 heteroatoms. The Morgan fingerprint density at radius 2 is 1.08 bits per heavy atom. The van der Waals surface area contributed by atoms with E-state index in [9.17, 15) is 16.8 Å². The van der Waals surface area contributed by atoms with Crippen LogP contribution in [-0.2, 0) is 33.9 Å². The monoisotopic (exact) mass is 562 g/mol. The van der Waals surface area contributed by atoms with Crippen LogP contribution in [-0.4, -0.2) is 98.4 Å². The van der Waals surface area contributed by atoms with Crippen LogP contribution >= 0.6 is 0 Å². The van der Waals surface area contributed by atoms with Gasteiger partial charge in [0.2, 0.25) is 0 Å². The second-order valence-electron chi connectivity index (χ2n) is 8.61. The minimum Gasteiger partial charge on any atom is -0.394 e. The molecule has 0 aliphatic carbocycles. The predicted molar refractivity (Wildman–Crippen MR) is 138 cm³/mol. The molecule has 0 radical (unpaired) electrons. The number of hydrogen-bond donors (Lipinski definition) is 1. The fourth-order valence-corrected chi connectivity index (χ4v) is 4.12. The van der Waals surface area contributed by atoms with Gasteiger partial charge in [0.15, 0.2) is 31.3 Å². The Balaban J connectivity index is 0.000000371. The van der Waals surface area contributed by atoms with Crippen LogP contribution in [0.1, 0.15) is 48.8 Å². The van der Waals surface area contributed by atoms with Crippen LogP contribution in [0.2, 0.25) is 0 Å². The predicted octanol–water partition coefficient (Wildman–Crippen LogP) is 1.19. The van der Waals surface area contributed by atoms with Crippen LogP contribution in [0.5, 0.6) is 0 Å². The molecule has 0 aromatic carbocycles. The van der Waals surface area contributed by atoms with Gasteiger partial charge < -0.3 is 19.3 Å². The van der Waals surface area contributed by atoms with Gasteiger partial charge in [-0.2, -0.15) is 0 Å². The molecule has 0 aliphatic heterocycles. The standard InChI is InChI=1S/C12H20N2O4S.C11H18N2O4S/c1-9-7-13-12(14-8-9)11(18-6-5-17-3)10(2)19(4,15)16;1-8-6-12-11(13-7-8)10(17-5-4-14)9(2)18(3,15)16/h7-8,10-11H,5-6H2,1-4H3;6-7,9-10,14H,4-5H2,1-3H3/t10-,11-;9-,10-/m00/s1. The Morgan fingerprint density at radius 1 is 0.730 bits per heavy atom. The van der Waals surface area contributed by atoms with Gasteiger partial charge in [-0.1, -0.05) is 0 Å². The summed E-state index contributed by atoms with van der Waals surface area (Å²) in [5.41, 5.74) is 1.79. The van der Waals surface area contributed by atoms with E-state index in [1.165, 1.54) is 6.26 Å². The van der Waals surface area contributed by atoms with Crippen LogP contribution in [0, 0.1) is 13.8 Å². The van der Waals surface area contributed by atoms with E-state index in [2.05, 4.69) is 19.9 Å². The summed E-state index contributed by atoms with van der Waals surface area (Å²) in [5.74, 6) is 0.687. The van der Waals surface area contributed by atoms with E-state index in [0.29, 0.717) is 18.3 Å². The fourth-order valence-electron chi connectivity index (χ4n) is 2.83. The summed E-state index contributed by atoms with van der Waals surface area (Å²) < 4.78 is 62.3. The van der Waals surface area contributed by atoms with Crippen molar-refractivity contribution >= 4 is 19.7 Å². The lowest BCUT2D eigenvalue weighted by Gasteiger charge is -2.21. The van der Waals surface area contributed by atoms with Gasteiger partial charge >= 0.3 is 0 Å². The summed E-state index contributed by atoms with van der Waals surface area (Å²) in [6.07, 6.45) is 7.35. The third kappa shape index (κ3) is 11.4. The van der Waals surface area contributed by atoms with E-state index < -0.39 is 42.4 Å². The van der Waals surface area contributed by atoms with E-state index in [-0.39, 0.29) is 19.8 Å². The third-order valence-electron chi connectivity index (χ3n) is 5.29. The van der Waals surface area contributed by atoms with Crippen molar-refractivity contribution in [2.45, 2.75) is 50.4 Å². The molecule has 0 amide bonds. The lowest BCUT2D eigenvalue weighted by atomic mass is 10.2. The number of nitrogens with zero attached hydrogens (tertiary/aromatic N) is 4. The van der Waals surface area contributed by atoms with Crippen molar-refractivity contribution in [1.29, 1.82) is 0 Å². The van der Waals surface area contributed by atoms with Crippen molar-refractivity contribution < 1.29 is 36.2 Å². The highest BCUT2D eigenvalue weighted by atomic mass is 32.2. The van der Waals surface area contributed by atoms with Crippen molar-refractivity contribution in [3.8, 4) is 0 Å². The van der Waals surface area contributed by atoms with Crippen LogP contribution in [0.3, 0.4) is 0 Å². The van der Waals surface area contributed by atoms with Crippen LogP contribution in [0.4, 0.5) is 0 Å². The third-order valence-corrected chi connectivity index (χ3v) is 8.48. The molecule has 0 saturated heterocycles. The normalized spacial score (nSPS) is 15.2. The highest BCUT2D eigenvalue weighted by Gasteiger charge is 2.31. The van der Waals surface area contributed by atoms with Gasteiger partial charge in [0.25, 0.3) is 0 Å². The van der Waals surface area contributed by atoms with Crippen molar-refractivity contribution in [3.05, 3.63) is 47.6 Å². The number of hydrogen-bond acceptors (Lipinski definition) is 12. The molecular weight excluding hydrogens is 524 g/mol. The van der Waals surface area contributed by atoms with E-state index in [4.69, 9.17) is 19.3 Å². The SMILES string of the molecule is COCCO[C@H](c1ncc(C)cn1)[C@H](C)S(C)(=O)=O.Cc1cnc([C@@H](OCCO)[C@H](C)S(C)(=O)=O)nc1. The van der Waals surface area contributed by atoms with Gasteiger partial charge in [0.05, 0.1) is 36.9 Å². The zero-order valence-electron chi connectivity index (χ0n) is 22.4. The molecule has 4 atom stereocenters. The maximum atomic E-state index is 11.7. The highest BCUT2D eigenvalue weighted by molar-refractivity contribution is 7.91. The first-order valence-corrected chi connectivity index (χ1v) is 15.4. The van der Waals surface area contributed by atoms with Gasteiger partial charge in [0.1, 0.15) is 12.2 Å². The topological polar surface area (TPSA) is 168 Å². The number of ether oxygens (including phenoxy) is 3. The smallest absolute Gasteiger partial charge is 0.158 e. The molecule has 2 rings (SSSR count). The van der Waals surface area contributed by atoms with Gasteiger partial charge in [-0.05, 0) is 38.8 Å². The Bertz CT molecular complexity index is 1140. The quantitative estimate of drug-likeness (QED) is 0.347. The molecular formula is C23H38N4O8S2. The number of aliphatic hydroxyl groups excluding tert-OH is 1. The van der Waals surface area contributed by atoms with E-state index in [1.54, 1.807) is 45.7 Å². The molecule has 2 aromatic rings. The summed E-state index contributed by atoms with van der Waals surface area (Å²) in [5, 5.41) is 7.29. The lowest BCUT2D eigenvalue weighted by molar-refractivity contribution is 0.0119. The van der Waals surface area contributed by atoms with E-state index >= 15 is 0 Å². The van der Waals surface area contributed by atoms with E-state index in [1.807, 2.05) is 13.8 Å². The second kappa shape index (κ2) is 15.3. The summed E-state index contributed by atoms with van der Waals surface area (Å²) in [4.78, 5) is 16.5. The summed E-state index contributed by atoms with van der Waals surface area (Å²) in [7, 11) is -4.96. The molecule has 12 nitrogen and oxygen atoms in total. The molecule has 0 spiro atoms. The zero-order chi connectivity index (χ0) is 28.2. The fraction of sp³-hybridized carbons (Fsp3) is 0.652. The first-order chi connectivity index (χ1) is 17.2. The molecule has 210 valence electrons. The summed E-state index contributed by atoms with van der Waals surface area (Å²) in [6, 6.07) is 0. The van der Waals surface area contributed by atoms with Gasteiger partial charge in [0, 0.05) is 44.4 Å².